The van der Waals surface area contributed by atoms with Crippen molar-refractivity contribution in [3.63, 3.8) is 0 Å². The Hall–Kier alpha value is -1.62. The molecule has 2 N–H and O–H groups in total. The molecule has 0 bridgehead atoms. The predicted octanol–water partition coefficient (Wildman–Crippen LogP) is 3.83. The topological polar surface area (TPSA) is 58.5 Å². The summed E-state index contributed by atoms with van der Waals surface area (Å²) in [6, 6.07) is 4.16. The SMILES string of the molecule is CN=C(NCC1CCCOC1C(C)(C)C)NCC(c1cccnc1)C(C)C. The lowest BCUT2D eigenvalue weighted by atomic mass is 9.78. The van der Waals surface area contributed by atoms with Crippen molar-refractivity contribution in [2.75, 3.05) is 26.7 Å². The molecule has 3 atom stereocenters. The molecule has 0 saturated carbocycles. The fourth-order valence-corrected chi connectivity index (χ4v) is 4.00. The molecule has 0 aliphatic carbocycles. The molecule has 0 radical (unpaired) electrons. The number of nitrogens with one attached hydrogen (secondary N) is 2. The molecule has 2 heterocycles. The normalized spacial score (nSPS) is 22.6. The highest BCUT2D eigenvalue weighted by Crippen LogP contribution is 2.33. The van der Waals surface area contributed by atoms with Crippen LogP contribution in [0.2, 0.25) is 0 Å². The molecule has 0 aromatic carbocycles. The van der Waals surface area contributed by atoms with E-state index in [4.69, 9.17) is 4.74 Å². The molecule has 1 aliphatic rings. The van der Waals surface area contributed by atoms with Crippen LogP contribution in [-0.2, 0) is 4.74 Å². The van der Waals surface area contributed by atoms with Crippen LogP contribution in [0.1, 0.15) is 58.9 Å². The van der Waals surface area contributed by atoms with Gasteiger partial charge in [-0.2, -0.15) is 0 Å². The summed E-state index contributed by atoms with van der Waals surface area (Å²) in [5.74, 6) is 2.30. The second-order valence-electron chi connectivity index (χ2n) is 9.03. The van der Waals surface area contributed by atoms with Crippen LogP contribution in [0.4, 0.5) is 0 Å². The Kier molecular flexibility index (Phi) is 8.08. The Morgan fingerprint density at radius 2 is 2.11 bits per heavy atom. The number of aromatic nitrogens is 1. The Bertz CT molecular complexity index is 580. The number of nitrogens with zero attached hydrogens (tertiary/aromatic N) is 2. The molecular formula is C22H38N4O. The summed E-state index contributed by atoms with van der Waals surface area (Å²) in [6.07, 6.45) is 6.43. The highest BCUT2D eigenvalue weighted by molar-refractivity contribution is 5.79. The summed E-state index contributed by atoms with van der Waals surface area (Å²) in [5.41, 5.74) is 1.43. The maximum atomic E-state index is 6.10. The van der Waals surface area contributed by atoms with Crippen LogP contribution in [0.15, 0.2) is 29.5 Å². The molecule has 0 spiro atoms. The Balaban J connectivity index is 1.91. The molecule has 3 unspecified atom stereocenters. The lowest BCUT2D eigenvalue weighted by Crippen LogP contribution is -2.48. The minimum atomic E-state index is 0.159. The standard InChI is InChI=1S/C22H38N4O/c1-16(2)19(17-9-7-11-24-13-17)15-26-21(23-6)25-14-18-10-8-12-27-20(18)22(3,4)5/h7,9,11,13,16,18-20H,8,10,12,14-15H2,1-6H3,(H2,23,25,26). The second kappa shape index (κ2) is 10.1. The summed E-state index contributed by atoms with van der Waals surface area (Å²) in [5, 5.41) is 7.04. The fourth-order valence-electron chi connectivity index (χ4n) is 4.00. The van der Waals surface area contributed by atoms with E-state index in [0.717, 1.165) is 32.1 Å². The smallest absolute Gasteiger partial charge is 0.191 e. The van der Waals surface area contributed by atoms with Gasteiger partial charge in [-0.05, 0) is 35.8 Å². The summed E-state index contributed by atoms with van der Waals surface area (Å²) in [4.78, 5) is 8.70. The number of hydrogen-bond donors (Lipinski definition) is 2. The average molecular weight is 375 g/mol. The molecule has 1 saturated heterocycles. The van der Waals surface area contributed by atoms with Gasteiger partial charge < -0.3 is 15.4 Å². The average Bonchev–Trinajstić information content (AvgIpc) is 2.64. The Morgan fingerprint density at radius 1 is 1.33 bits per heavy atom. The van der Waals surface area contributed by atoms with Crippen LogP contribution in [0.5, 0.6) is 0 Å². The fraction of sp³-hybridized carbons (Fsp3) is 0.727. The highest BCUT2D eigenvalue weighted by Gasteiger charge is 2.35. The van der Waals surface area contributed by atoms with Gasteiger partial charge >= 0.3 is 0 Å². The van der Waals surface area contributed by atoms with Crippen LogP contribution >= 0.6 is 0 Å². The summed E-state index contributed by atoms with van der Waals surface area (Å²) >= 11 is 0. The van der Waals surface area contributed by atoms with E-state index in [1.165, 1.54) is 12.0 Å². The second-order valence-corrected chi connectivity index (χ2v) is 9.03. The van der Waals surface area contributed by atoms with Gasteiger partial charge in [-0.25, -0.2) is 0 Å². The van der Waals surface area contributed by atoms with Crippen molar-refractivity contribution in [3.05, 3.63) is 30.1 Å². The molecule has 2 rings (SSSR count). The molecule has 152 valence electrons. The van der Waals surface area contributed by atoms with Crippen molar-refractivity contribution in [2.24, 2.45) is 22.2 Å². The maximum Gasteiger partial charge on any atom is 0.191 e. The van der Waals surface area contributed by atoms with Gasteiger partial charge in [0.15, 0.2) is 5.96 Å². The first-order valence-corrected chi connectivity index (χ1v) is 10.3. The third kappa shape index (κ3) is 6.49. The molecule has 27 heavy (non-hydrogen) atoms. The van der Waals surface area contributed by atoms with E-state index in [2.05, 4.69) is 61.3 Å². The first-order valence-electron chi connectivity index (χ1n) is 10.3. The lowest BCUT2D eigenvalue weighted by molar-refractivity contribution is -0.0835. The van der Waals surface area contributed by atoms with Crippen molar-refractivity contribution in [1.82, 2.24) is 15.6 Å². The first kappa shape index (κ1) is 21.7. The summed E-state index contributed by atoms with van der Waals surface area (Å²) in [7, 11) is 1.84. The summed E-state index contributed by atoms with van der Waals surface area (Å²) in [6.45, 7) is 13.9. The van der Waals surface area contributed by atoms with Crippen molar-refractivity contribution >= 4 is 5.96 Å². The van der Waals surface area contributed by atoms with Crippen molar-refractivity contribution in [3.8, 4) is 0 Å². The molecule has 1 fully saturated rings. The van der Waals surface area contributed by atoms with Crippen LogP contribution in [-0.4, -0.2) is 43.8 Å². The number of rotatable bonds is 6. The quantitative estimate of drug-likeness (QED) is 0.587. The van der Waals surface area contributed by atoms with E-state index in [9.17, 15) is 0 Å². The third-order valence-corrected chi connectivity index (χ3v) is 5.46. The zero-order chi connectivity index (χ0) is 19.9. The van der Waals surface area contributed by atoms with E-state index in [0.29, 0.717) is 17.8 Å². The zero-order valence-electron chi connectivity index (χ0n) is 18.0. The maximum absolute atomic E-state index is 6.10. The van der Waals surface area contributed by atoms with E-state index < -0.39 is 0 Å². The summed E-state index contributed by atoms with van der Waals surface area (Å²) < 4.78 is 6.10. The number of aliphatic imine (C=N–C) groups is 1. The number of ether oxygens (including phenoxy) is 1. The molecule has 5 nitrogen and oxygen atoms in total. The van der Waals surface area contributed by atoms with Crippen molar-refractivity contribution in [1.29, 1.82) is 0 Å². The minimum Gasteiger partial charge on any atom is -0.377 e. The number of guanidine groups is 1. The van der Waals surface area contributed by atoms with Crippen LogP contribution in [0.3, 0.4) is 0 Å². The van der Waals surface area contributed by atoms with E-state index in [1.54, 1.807) is 0 Å². The number of pyridine rings is 1. The van der Waals surface area contributed by atoms with E-state index in [-0.39, 0.29) is 11.5 Å². The third-order valence-electron chi connectivity index (χ3n) is 5.46. The predicted molar refractivity (Wildman–Crippen MR) is 113 cm³/mol. The molecular weight excluding hydrogens is 336 g/mol. The molecule has 0 amide bonds. The van der Waals surface area contributed by atoms with Gasteiger partial charge in [0.25, 0.3) is 0 Å². The van der Waals surface area contributed by atoms with Crippen LogP contribution in [0, 0.1) is 17.3 Å². The lowest BCUT2D eigenvalue weighted by Gasteiger charge is -2.40. The van der Waals surface area contributed by atoms with Gasteiger partial charge in [-0.1, -0.05) is 40.7 Å². The van der Waals surface area contributed by atoms with Gasteiger partial charge in [0.2, 0.25) is 0 Å². The first-order chi connectivity index (χ1) is 12.8. The van der Waals surface area contributed by atoms with Gasteiger partial charge in [0.05, 0.1) is 6.10 Å². The largest absolute Gasteiger partial charge is 0.377 e. The Morgan fingerprint density at radius 3 is 2.70 bits per heavy atom. The van der Waals surface area contributed by atoms with E-state index in [1.807, 2.05) is 25.5 Å². The van der Waals surface area contributed by atoms with Gasteiger partial charge in [0.1, 0.15) is 0 Å². The van der Waals surface area contributed by atoms with E-state index >= 15 is 0 Å². The monoisotopic (exact) mass is 374 g/mol. The van der Waals surface area contributed by atoms with Gasteiger partial charge in [-0.15, -0.1) is 0 Å². The van der Waals surface area contributed by atoms with Crippen molar-refractivity contribution < 1.29 is 4.74 Å². The van der Waals surface area contributed by atoms with Crippen LogP contribution in [0.25, 0.3) is 0 Å². The Labute approximate surface area is 165 Å². The molecule has 5 heteroatoms. The van der Waals surface area contributed by atoms with Crippen molar-refractivity contribution in [2.45, 2.75) is 59.5 Å². The highest BCUT2D eigenvalue weighted by atomic mass is 16.5. The number of hydrogen-bond acceptors (Lipinski definition) is 3. The minimum absolute atomic E-state index is 0.159. The molecule has 1 aliphatic heterocycles. The van der Waals surface area contributed by atoms with Gasteiger partial charge in [0, 0.05) is 51.0 Å². The molecule has 1 aromatic rings. The molecule has 1 aromatic heterocycles. The van der Waals surface area contributed by atoms with Gasteiger partial charge in [-0.3, -0.25) is 9.98 Å². The zero-order valence-corrected chi connectivity index (χ0v) is 18.0. The van der Waals surface area contributed by atoms with Crippen LogP contribution < -0.4 is 10.6 Å².